The number of hydrazone groups is 1. The lowest BCUT2D eigenvalue weighted by molar-refractivity contribution is 0.252. The van der Waals surface area contributed by atoms with E-state index in [1.165, 1.54) is 5.39 Å². The van der Waals surface area contributed by atoms with Crippen LogP contribution in [0.4, 0.5) is 10.5 Å². The van der Waals surface area contributed by atoms with Crippen LogP contribution in [0.1, 0.15) is 29.2 Å². The van der Waals surface area contributed by atoms with Crippen LogP contribution in [0.3, 0.4) is 0 Å². The number of nitrogens with one attached hydrogen (secondary N) is 2. The maximum absolute atomic E-state index is 12.3. The summed E-state index contributed by atoms with van der Waals surface area (Å²) in [6.07, 6.45) is 4.00. The zero-order chi connectivity index (χ0) is 26.0. The van der Waals surface area contributed by atoms with Gasteiger partial charge in [0.25, 0.3) is 0 Å². The quantitative estimate of drug-likeness (QED) is 0.142. The largest absolute Gasteiger partial charge is 0.490 e. The van der Waals surface area contributed by atoms with Crippen LogP contribution in [-0.2, 0) is 13.0 Å². The van der Waals surface area contributed by atoms with Gasteiger partial charge < -0.3 is 14.8 Å². The molecule has 0 aromatic heterocycles. The third-order valence-corrected chi connectivity index (χ3v) is 5.84. The molecule has 0 unspecified atom stereocenters. The highest BCUT2D eigenvalue weighted by molar-refractivity contribution is 5.91. The Morgan fingerprint density at radius 3 is 2.57 bits per heavy atom. The number of urea groups is 1. The second-order valence-electron chi connectivity index (χ2n) is 8.50. The predicted molar refractivity (Wildman–Crippen MR) is 151 cm³/mol. The van der Waals surface area contributed by atoms with E-state index in [1.54, 1.807) is 6.21 Å². The van der Waals surface area contributed by atoms with Gasteiger partial charge in [0.2, 0.25) is 0 Å². The van der Waals surface area contributed by atoms with E-state index in [0.29, 0.717) is 31.1 Å². The average molecular weight is 494 g/mol. The van der Waals surface area contributed by atoms with Crippen LogP contribution in [0, 0.1) is 6.92 Å². The van der Waals surface area contributed by atoms with Crippen molar-refractivity contribution in [1.29, 1.82) is 0 Å². The Kier molecular flexibility index (Phi) is 8.55. The van der Waals surface area contributed by atoms with Gasteiger partial charge in [-0.25, -0.2) is 10.2 Å². The zero-order valence-corrected chi connectivity index (χ0v) is 21.2. The lowest BCUT2D eigenvalue weighted by Crippen LogP contribution is -2.24. The maximum Gasteiger partial charge on any atom is 0.339 e. The number of allylic oxidation sites excluding steroid dienone is 1. The summed E-state index contributed by atoms with van der Waals surface area (Å²) in [5, 5.41) is 9.24. The summed E-state index contributed by atoms with van der Waals surface area (Å²) >= 11 is 0. The van der Waals surface area contributed by atoms with Crippen molar-refractivity contribution in [3.8, 4) is 11.5 Å². The minimum Gasteiger partial charge on any atom is -0.490 e. The lowest BCUT2D eigenvalue weighted by atomic mass is 10.0. The smallest absolute Gasteiger partial charge is 0.339 e. The molecule has 0 bridgehead atoms. The van der Waals surface area contributed by atoms with Crippen LogP contribution >= 0.6 is 0 Å². The van der Waals surface area contributed by atoms with Gasteiger partial charge in [0, 0.05) is 11.3 Å². The summed E-state index contributed by atoms with van der Waals surface area (Å²) in [7, 11) is 0. The molecular formula is C31H31N3O3. The van der Waals surface area contributed by atoms with E-state index >= 15 is 0 Å². The first kappa shape index (κ1) is 25.5. The summed E-state index contributed by atoms with van der Waals surface area (Å²) in [4.78, 5) is 12.3. The molecule has 6 heteroatoms. The second kappa shape index (κ2) is 12.4. The number of nitrogens with zero attached hydrogens (tertiary/aromatic N) is 1. The molecule has 0 atom stereocenters. The van der Waals surface area contributed by atoms with Crippen LogP contribution in [0.25, 0.3) is 10.8 Å². The summed E-state index contributed by atoms with van der Waals surface area (Å²) in [5.74, 6) is 1.30. The summed E-state index contributed by atoms with van der Waals surface area (Å²) in [6.45, 7) is 8.64. The molecule has 2 amide bonds. The maximum atomic E-state index is 12.3. The molecule has 188 valence electrons. The fourth-order valence-corrected chi connectivity index (χ4v) is 4.09. The standard InChI is InChI=1S/C31H31N3O3/c1-4-11-25-18-23(20-32-34-31(35)33-28-17-9-6-12-22(28)3)19-29(36-5-2)30(25)37-21-26-15-10-14-24-13-7-8-16-27(24)26/h4,6-10,12-20H,1,5,11,21H2,2-3H3,(H2,33,34,35). The highest BCUT2D eigenvalue weighted by atomic mass is 16.5. The van der Waals surface area contributed by atoms with Crippen molar-refractivity contribution in [2.45, 2.75) is 26.9 Å². The van der Waals surface area contributed by atoms with E-state index in [-0.39, 0.29) is 0 Å². The third kappa shape index (κ3) is 6.55. The van der Waals surface area contributed by atoms with E-state index in [0.717, 1.165) is 33.3 Å². The van der Waals surface area contributed by atoms with Gasteiger partial charge in [0.1, 0.15) is 6.61 Å². The lowest BCUT2D eigenvalue weighted by Gasteiger charge is -2.17. The predicted octanol–water partition coefficient (Wildman–Crippen LogP) is 7.01. The van der Waals surface area contributed by atoms with Gasteiger partial charge in [-0.3, -0.25) is 0 Å². The molecule has 2 N–H and O–H groups in total. The highest BCUT2D eigenvalue weighted by Crippen LogP contribution is 2.35. The van der Waals surface area contributed by atoms with E-state index in [2.05, 4.69) is 46.7 Å². The topological polar surface area (TPSA) is 72.0 Å². The van der Waals surface area contributed by atoms with Crippen molar-refractivity contribution in [3.63, 3.8) is 0 Å². The van der Waals surface area contributed by atoms with Gasteiger partial charge in [0.15, 0.2) is 11.5 Å². The molecule has 0 aliphatic rings. The Hall–Kier alpha value is -4.58. The molecule has 0 saturated heterocycles. The molecule has 37 heavy (non-hydrogen) atoms. The summed E-state index contributed by atoms with van der Waals surface area (Å²) in [5.41, 5.74) is 7.01. The number of hydrogen-bond donors (Lipinski definition) is 2. The first-order valence-electron chi connectivity index (χ1n) is 12.2. The van der Waals surface area contributed by atoms with Gasteiger partial charge in [-0.05, 0) is 65.9 Å². The molecule has 0 aliphatic heterocycles. The molecule has 0 saturated carbocycles. The SMILES string of the molecule is C=CCc1cc(C=NNC(=O)Nc2ccccc2C)cc(OCC)c1OCc1cccc2ccccc12. The van der Waals surface area contributed by atoms with Crippen molar-refractivity contribution < 1.29 is 14.3 Å². The fraction of sp³-hybridized carbons (Fsp3) is 0.161. The fourth-order valence-electron chi connectivity index (χ4n) is 4.09. The van der Waals surface area contributed by atoms with Crippen molar-refractivity contribution in [2.24, 2.45) is 5.10 Å². The van der Waals surface area contributed by atoms with E-state index in [9.17, 15) is 4.79 Å². The van der Waals surface area contributed by atoms with Crippen LogP contribution in [0.15, 0.2) is 96.6 Å². The van der Waals surface area contributed by atoms with Crippen molar-refractivity contribution in [1.82, 2.24) is 5.43 Å². The second-order valence-corrected chi connectivity index (χ2v) is 8.50. The van der Waals surface area contributed by atoms with Gasteiger partial charge >= 0.3 is 6.03 Å². The van der Waals surface area contributed by atoms with Crippen LogP contribution in [-0.4, -0.2) is 18.9 Å². The molecule has 6 nitrogen and oxygen atoms in total. The number of ether oxygens (including phenoxy) is 2. The highest BCUT2D eigenvalue weighted by Gasteiger charge is 2.14. The Labute approximate surface area is 217 Å². The first-order valence-corrected chi connectivity index (χ1v) is 12.2. The molecule has 0 fully saturated rings. The number of rotatable bonds is 10. The Morgan fingerprint density at radius 2 is 1.76 bits per heavy atom. The van der Waals surface area contributed by atoms with Gasteiger partial charge in [-0.15, -0.1) is 6.58 Å². The summed E-state index contributed by atoms with van der Waals surface area (Å²) < 4.78 is 12.3. The van der Waals surface area contributed by atoms with Crippen molar-refractivity contribution >= 4 is 28.7 Å². The van der Waals surface area contributed by atoms with Gasteiger partial charge in [-0.1, -0.05) is 66.7 Å². The molecule has 4 rings (SSSR count). The number of anilines is 1. The third-order valence-electron chi connectivity index (χ3n) is 5.84. The molecule has 0 spiro atoms. The molecular weight excluding hydrogens is 462 g/mol. The summed E-state index contributed by atoms with van der Waals surface area (Å²) in [6, 6.07) is 25.4. The normalized spacial score (nSPS) is 10.9. The Balaban J connectivity index is 1.53. The van der Waals surface area contributed by atoms with E-state index in [1.807, 2.05) is 74.5 Å². The number of fused-ring (bicyclic) bond motifs is 1. The number of amides is 2. The molecule has 4 aromatic carbocycles. The monoisotopic (exact) mass is 493 g/mol. The van der Waals surface area contributed by atoms with E-state index in [4.69, 9.17) is 9.47 Å². The Morgan fingerprint density at radius 1 is 0.973 bits per heavy atom. The minimum absolute atomic E-state index is 0.402. The number of carbonyl (C=O) groups is 1. The number of benzene rings is 4. The van der Waals surface area contributed by atoms with Crippen LogP contribution < -0.4 is 20.2 Å². The van der Waals surface area contributed by atoms with Crippen molar-refractivity contribution in [2.75, 3.05) is 11.9 Å². The minimum atomic E-state index is -0.420. The Bertz CT molecular complexity index is 1420. The average Bonchev–Trinajstić information content (AvgIpc) is 2.90. The molecule has 0 radical (unpaired) electrons. The van der Waals surface area contributed by atoms with E-state index < -0.39 is 6.03 Å². The number of para-hydroxylation sites is 1. The number of aryl methyl sites for hydroxylation is 1. The molecule has 0 heterocycles. The number of carbonyl (C=O) groups excluding carboxylic acids is 1. The number of hydrogen-bond acceptors (Lipinski definition) is 4. The first-order chi connectivity index (χ1) is 18.1. The van der Waals surface area contributed by atoms with Gasteiger partial charge in [-0.2, -0.15) is 5.10 Å². The van der Waals surface area contributed by atoms with Crippen molar-refractivity contribution in [3.05, 3.63) is 114 Å². The van der Waals surface area contributed by atoms with Crippen LogP contribution in [0.5, 0.6) is 11.5 Å². The molecule has 0 aliphatic carbocycles. The van der Waals surface area contributed by atoms with Crippen LogP contribution in [0.2, 0.25) is 0 Å². The molecule has 4 aromatic rings. The zero-order valence-electron chi connectivity index (χ0n) is 21.2. The van der Waals surface area contributed by atoms with Gasteiger partial charge in [0.05, 0.1) is 12.8 Å².